The first-order valence-electron chi connectivity index (χ1n) is 9.85. The molecule has 160 valence electrons. The highest BCUT2D eigenvalue weighted by Crippen LogP contribution is 2.33. The van der Waals surface area contributed by atoms with Crippen LogP contribution in [0, 0.1) is 0 Å². The molecule has 2 aliphatic heterocycles. The number of carbonyl (C=O) groups excluding carboxylic acids is 2. The highest BCUT2D eigenvalue weighted by atomic mass is 32.2. The smallest absolute Gasteiger partial charge is 0.247 e. The molecule has 1 fully saturated rings. The number of amides is 2. The number of ether oxygens (including phenoxy) is 2. The van der Waals surface area contributed by atoms with E-state index in [2.05, 4.69) is 10.2 Å². The van der Waals surface area contributed by atoms with E-state index in [0.717, 1.165) is 41.0 Å². The molecule has 2 aliphatic rings. The Labute approximate surface area is 184 Å². The van der Waals surface area contributed by atoms with Crippen LogP contribution in [0.2, 0.25) is 0 Å². The van der Waals surface area contributed by atoms with E-state index >= 15 is 0 Å². The van der Waals surface area contributed by atoms with E-state index in [1.54, 1.807) is 24.3 Å². The number of anilines is 1. The minimum Gasteiger partial charge on any atom is -0.454 e. The monoisotopic (exact) mass is 438 g/mol. The second kappa shape index (κ2) is 9.22. The van der Waals surface area contributed by atoms with E-state index in [1.165, 1.54) is 4.90 Å². The Morgan fingerprint density at radius 1 is 1.13 bits per heavy atom. The van der Waals surface area contributed by atoms with Crippen LogP contribution < -0.4 is 20.1 Å². The van der Waals surface area contributed by atoms with Crippen molar-refractivity contribution in [3.63, 3.8) is 0 Å². The molecule has 0 spiro atoms. The SMILES string of the molecule is C/C(CCc1ccc2c(c1)OCO2)=N/N=C(N)S[C@@H]1CC(=O)N(c2ccccc2)C1=O. The number of nitrogens with two attached hydrogens (primary N) is 1. The van der Waals surface area contributed by atoms with Crippen LogP contribution in [-0.2, 0) is 16.0 Å². The quantitative estimate of drug-likeness (QED) is 0.321. The second-order valence-electron chi connectivity index (χ2n) is 7.17. The Kier molecular flexibility index (Phi) is 6.22. The molecule has 0 bridgehead atoms. The molecule has 2 aromatic carbocycles. The van der Waals surface area contributed by atoms with Gasteiger partial charge < -0.3 is 15.2 Å². The van der Waals surface area contributed by atoms with Crippen LogP contribution in [0.1, 0.15) is 25.3 Å². The van der Waals surface area contributed by atoms with Crippen molar-refractivity contribution >= 4 is 40.1 Å². The van der Waals surface area contributed by atoms with Crippen LogP contribution in [0.4, 0.5) is 5.69 Å². The third kappa shape index (κ3) is 4.88. The van der Waals surface area contributed by atoms with E-state index < -0.39 is 5.25 Å². The van der Waals surface area contributed by atoms with Gasteiger partial charge in [-0.15, -0.1) is 5.10 Å². The number of thioether (sulfide) groups is 1. The molecule has 9 heteroatoms. The topological polar surface area (TPSA) is 107 Å². The lowest BCUT2D eigenvalue weighted by molar-refractivity contribution is -0.121. The molecule has 0 saturated carbocycles. The zero-order valence-corrected chi connectivity index (χ0v) is 17.8. The molecule has 31 heavy (non-hydrogen) atoms. The summed E-state index contributed by atoms with van der Waals surface area (Å²) in [4.78, 5) is 26.1. The fourth-order valence-corrected chi connectivity index (χ4v) is 4.13. The van der Waals surface area contributed by atoms with Gasteiger partial charge in [-0.2, -0.15) is 5.10 Å². The Morgan fingerprint density at radius 2 is 1.90 bits per heavy atom. The number of rotatable bonds is 6. The first kappa shape index (κ1) is 20.9. The van der Waals surface area contributed by atoms with Gasteiger partial charge in [-0.05, 0) is 49.6 Å². The van der Waals surface area contributed by atoms with Gasteiger partial charge in [0.05, 0.1) is 5.69 Å². The summed E-state index contributed by atoms with van der Waals surface area (Å²) >= 11 is 1.07. The van der Waals surface area contributed by atoms with Crippen molar-refractivity contribution in [1.82, 2.24) is 0 Å². The van der Waals surface area contributed by atoms with Crippen LogP contribution in [0.25, 0.3) is 0 Å². The fraction of sp³-hybridized carbons (Fsp3) is 0.273. The Morgan fingerprint density at radius 3 is 2.71 bits per heavy atom. The maximum atomic E-state index is 12.6. The Bertz CT molecular complexity index is 1050. The third-order valence-electron chi connectivity index (χ3n) is 4.91. The minimum absolute atomic E-state index is 0.0847. The average molecular weight is 439 g/mol. The lowest BCUT2D eigenvalue weighted by Crippen LogP contribution is -2.31. The predicted molar refractivity (Wildman–Crippen MR) is 121 cm³/mol. The van der Waals surface area contributed by atoms with Gasteiger partial charge in [-0.3, -0.25) is 9.59 Å². The predicted octanol–water partition coefficient (Wildman–Crippen LogP) is 3.10. The van der Waals surface area contributed by atoms with Crippen LogP contribution in [0.3, 0.4) is 0 Å². The van der Waals surface area contributed by atoms with Gasteiger partial charge in [0, 0.05) is 12.1 Å². The number of imide groups is 1. The van der Waals surface area contributed by atoms with E-state index in [4.69, 9.17) is 15.2 Å². The number of fused-ring (bicyclic) bond motifs is 1. The zero-order valence-electron chi connectivity index (χ0n) is 17.0. The normalized spacial score (nSPS) is 18.7. The zero-order chi connectivity index (χ0) is 21.8. The molecule has 8 nitrogen and oxygen atoms in total. The Balaban J connectivity index is 1.32. The summed E-state index contributed by atoms with van der Waals surface area (Å²) < 4.78 is 10.7. The first-order valence-corrected chi connectivity index (χ1v) is 10.7. The number of hydrogen-bond acceptors (Lipinski definition) is 7. The molecule has 0 unspecified atom stereocenters. The van der Waals surface area contributed by atoms with Gasteiger partial charge in [-0.25, -0.2) is 4.90 Å². The molecule has 1 atom stereocenters. The summed E-state index contributed by atoms with van der Waals surface area (Å²) in [6.45, 7) is 2.12. The van der Waals surface area contributed by atoms with E-state index in [0.29, 0.717) is 12.1 Å². The van der Waals surface area contributed by atoms with Gasteiger partial charge >= 0.3 is 0 Å². The standard InChI is InChI=1S/C22H22N4O4S/c1-14(7-8-15-9-10-17-18(11-15)30-13-29-17)24-25-22(23)31-19-12-20(27)26(21(19)28)16-5-3-2-4-6-16/h2-6,9-11,19H,7-8,12-13H2,1H3,(H2,23,25)/b24-14-/t19-/m1/s1. The molecule has 0 aromatic heterocycles. The van der Waals surface area contributed by atoms with Gasteiger partial charge in [0.2, 0.25) is 18.6 Å². The number of aryl methyl sites for hydroxylation is 1. The molecule has 4 rings (SSSR count). The molecule has 2 amide bonds. The number of benzene rings is 2. The summed E-state index contributed by atoms with van der Waals surface area (Å²) in [6, 6.07) is 14.7. The molecule has 0 aliphatic carbocycles. The van der Waals surface area contributed by atoms with E-state index in [-0.39, 0.29) is 30.2 Å². The van der Waals surface area contributed by atoms with Crippen LogP contribution >= 0.6 is 11.8 Å². The first-order chi connectivity index (χ1) is 15.0. The molecule has 2 N–H and O–H groups in total. The summed E-state index contributed by atoms with van der Waals surface area (Å²) in [5.74, 6) is 0.980. The second-order valence-corrected chi connectivity index (χ2v) is 8.40. The number of hydrogen-bond donors (Lipinski definition) is 1. The average Bonchev–Trinajstić information content (AvgIpc) is 3.34. The molecule has 0 radical (unpaired) electrons. The number of para-hydroxylation sites is 1. The molecular weight excluding hydrogens is 416 g/mol. The third-order valence-corrected chi connectivity index (χ3v) is 5.89. The van der Waals surface area contributed by atoms with Crippen LogP contribution in [0.15, 0.2) is 58.7 Å². The largest absolute Gasteiger partial charge is 0.454 e. The van der Waals surface area contributed by atoms with Crippen molar-refractivity contribution in [2.45, 2.75) is 31.4 Å². The van der Waals surface area contributed by atoms with Gasteiger partial charge in [0.25, 0.3) is 0 Å². The summed E-state index contributed by atoms with van der Waals surface area (Å²) in [5.41, 5.74) is 8.44. The van der Waals surface area contributed by atoms with Crippen molar-refractivity contribution in [3.8, 4) is 11.5 Å². The fourth-order valence-electron chi connectivity index (χ4n) is 3.32. The summed E-state index contributed by atoms with van der Waals surface area (Å²) in [7, 11) is 0. The number of carbonyl (C=O) groups is 2. The van der Waals surface area contributed by atoms with Gasteiger partial charge in [-0.1, -0.05) is 36.0 Å². The Hall–Kier alpha value is -3.33. The molecule has 2 aromatic rings. The number of nitrogens with zero attached hydrogens (tertiary/aromatic N) is 3. The van der Waals surface area contributed by atoms with E-state index in [1.807, 2.05) is 31.2 Å². The highest BCUT2D eigenvalue weighted by molar-refractivity contribution is 8.14. The van der Waals surface area contributed by atoms with Crippen molar-refractivity contribution in [1.29, 1.82) is 0 Å². The summed E-state index contributed by atoms with van der Waals surface area (Å²) in [5, 5.41) is 7.76. The van der Waals surface area contributed by atoms with E-state index in [9.17, 15) is 9.59 Å². The lowest BCUT2D eigenvalue weighted by atomic mass is 10.1. The van der Waals surface area contributed by atoms with Crippen molar-refractivity contribution in [3.05, 3.63) is 54.1 Å². The van der Waals surface area contributed by atoms with Crippen molar-refractivity contribution in [2.24, 2.45) is 15.9 Å². The van der Waals surface area contributed by atoms with Crippen molar-refractivity contribution < 1.29 is 19.1 Å². The van der Waals surface area contributed by atoms with Crippen molar-refractivity contribution in [2.75, 3.05) is 11.7 Å². The summed E-state index contributed by atoms with van der Waals surface area (Å²) in [6.07, 6.45) is 1.56. The van der Waals surface area contributed by atoms with Gasteiger partial charge in [0.1, 0.15) is 5.25 Å². The minimum atomic E-state index is -0.597. The number of amidine groups is 1. The van der Waals surface area contributed by atoms with Gasteiger partial charge in [0.15, 0.2) is 16.7 Å². The lowest BCUT2D eigenvalue weighted by Gasteiger charge is -2.14. The molecule has 2 heterocycles. The molecular formula is C22H22N4O4S. The molecule has 1 saturated heterocycles. The highest BCUT2D eigenvalue weighted by Gasteiger charge is 2.40. The maximum absolute atomic E-state index is 12.6. The maximum Gasteiger partial charge on any atom is 0.247 e. The van der Waals surface area contributed by atoms with Crippen LogP contribution in [0.5, 0.6) is 11.5 Å². The van der Waals surface area contributed by atoms with Crippen LogP contribution in [-0.4, -0.2) is 34.7 Å².